The Kier molecular flexibility index (Phi) is 7.22. The predicted octanol–water partition coefficient (Wildman–Crippen LogP) is 2.16. The molecule has 206 valence electrons. The van der Waals surface area contributed by atoms with Crippen molar-refractivity contribution in [3.05, 3.63) is 71.9 Å². The number of benzene rings is 2. The molecule has 0 bridgehead atoms. The number of anilines is 1. The van der Waals surface area contributed by atoms with Crippen LogP contribution in [0.2, 0.25) is 0 Å². The number of hydrogen-bond donors (Lipinski definition) is 1. The van der Waals surface area contributed by atoms with Gasteiger partial charge >= 0.3 is 0 Å². The van der Waals surface area contributed by atoms with E-state index < -0.39 is 17.4 Å². The van der Waals surface area contributed by atoms with Gasteiger partial charge in [0, 0.05) is 38.9 Å². The first-order chi connectivity index (χ1) is 19.2. The third-order valence-corrected chi connectivity index (χ3v) is 7.28. The zero-order valence-corrected chi connectivity index (χ0v) is 22.3. The molecule has 3 aromatic rings. The highest BCUT2D eigenvalue weighted by atomic mass is 16.5. The summed E-state index contributed by atoms with van der Waals surface area (Å²) in [5.41, 5.74) is 1.60. The molecule has 0 aliphatic carbocycles. The van der Waals surface area contributed by atoms with E-state index in [1.165, 1.54) is 11.2 Å². The van der Waals surface area contributed by atoms with Gasteiger partial charge in [-0.1, -0.05) is 31.4 Å². The molecule has 1 saturated heterocycles. The van der Waals surface area contributed by atoms with Gasteiger partial charge in [-0.3, -0.25) is 23.7 Å². The van der Waals surface area contributed by atoms with Crippen LogP contribution in [0.15, 0.2) is 66.4 Å². The van der Waals surface area contributed by atoms with Crippen LogP contribution in [0.4, 0.5) is 5.69 Å². The third kappa shape index (κ3) is 4.87. The number of carbonyl (C=O) groups excluding carboxylic acids is 3. The van der Waals surface area contributed by atoms with Crippen molar-refractivity contribution < 1.29 is 23.9 Å². The Morgan fingerprint density at radius 3 is 2.62 bits per heavy atom. The number of ether oxygens (including phenoxy) is 2. The van der Waals surface area contributed by atoms with Crippen LogP contribution >= 0.6 is 0 Å². The van der Waals surface area contributed by atoms with Crippen molar-refractivity contribution in [3.8, 4) is 16.9 Å². The number of para-hydroxylation sites is 1. The van der Waals surface area contributed by atoms with Gasteiger partial charge in [-0.05, 0) is 36.6 Å². The van der Waals surface area contributed by atoms with Crippen molar-refractivity contribution >= 4 is 40.0 Å². The van der Waals surface area contributed by atoms with Crippen molar-refractivity contribution in [1.82, 2.24) is 19.8 Å². The molecule has 2 aliphatic rings. The molecule has 0 atom stereocenters. The summed E-state index contributed by atoms with van der Waals surface area (Å²) in [6, 6.07) is 10.5. The SMILES string of the molecule is C=C(NC(=O)C(=C)n1cnc2c(-c3ccc4c(c3)N(C)C(=O)CO4)cccc2c1=O)C(=O)N(C)C1CCOCC1. The summed E-state index contributed by atoms with van der Waals surface area (Å²) in [4.78, 5) is 58.8. The lowest BCUT2D eigenvalue weighted by molar-refractivity contribution is -0.131. The van der Waals surface area contributed by atoms with Gasteiger partial charge in [0.2, 0.25) is 0 Å². The highest BCUT2D eigenvalue weighted by Crippen LogP contribution is 2.36. The number of aromatic nitrogens is 2. The van der Waals surface area contributed by atoms with Gasteiger partial charge < -0.3 is 24.6 Å². The van der Waals surface area contributed by atoms with Crippen LogP contribution < -0.4 is 20.5 Å². The normalized spacial score (nSPS) is 15.2. The standard InChI is InChI=1S/C29H29N5O6/c1-17(28(37)32(3)20-10-12-39-13-11-20)31-27(36)18(2)34-16-30-26-21(6-5-7-22(26)29(34)38)19-8-9-24-23(14-19)33(4)25(35)15-40-24/h5-9,14,16,20H,1-2,10-13,15H2,3-4H3,(H,31,36). The maximum absolute atomic E-state index is 13.4. The Hall–Kier alpha value is -4.77. The van der Waals surface area contributed by atoms with Crippen molar-refractivity contribution in [2.45, 2.75) is 18.9 Å². The number of fused-ring (bicyclic) bond motifs is 2. The minimum atomic E-state index is -0.750. The molecule has 3 heterocycles. The maximum Gasteiger partial charge on any atom is 0.272 e. The second-order valence-corrected chi connectivity index (χ2v) is 9.68. The van der Waals surface area contributed by atoms with Gasteiger partial charge in [0.25, 0.3) is 23.3 Å². The van der Waals surface area contributed by atoms with E-state index in [9.17, 15) is 19.2 Å². The number of rotatable bonds is 6. The number of hydrogen-bond acceptors (Lipinski definition) is 7. The molecular weight excluding hydrogens is 514 g/mol. The molecule has 2 aromatic carbocycles. The second-order valence-electron chi connectivity index (χ2n) is 9.68. The number of nitrogens with zero attached hydrogens (tertiary/aromatic N) is 4. The van der Waals surface area contributed by atoms with Gasteiger partial charge in [-0.25, -0.2) is 4.98 Å². The zero-order chi connectivity index (χ0) is 28.6. The fourth-order valence-corrected chi connectivity index (χ4v) is 4.84. The van der Waals surface area contributed by atoms with Crippen molar-refractivity contribution in [2.75, 3.05) is 38.8 Å². The largest absolute Gasteiger partial charge is 0.482 e. The Bertz CT molecular complexity index is 1620. The molecule has 1 fully saturated rings. The lowest BCUT2D eigenvalue weighted by Gasteiger charge is -2.31. The first kappa shape index (κ1) is 26.8. The summed E-state index contributed by atoms with van der Waals surface area (Å²) in [5, 5.41) is 2.73. The molecule has 0 saturated carbocycles. The van der Waals surface area contributed by atoms with Crippen LogP contribution in [0, 0.1) is 0 Å². The molecular formula is C29H29N5O6. The topological polar surface area (TPSA) is 123 Å². The molecule has 11 nitrogen and oxygen atoms in total. The van der Waals surface area contributed by atoms with E-state index in [1.54, 1.807) is 43.3 Å². The van der Waals surface area contributed by atoms with Gasteiger partial charge in [0.05, 0.1) is 22.3 Å². The number of nitrogens with one attached hydrogen (secondary N) is 1. The Balaban J connectivity index is 1.38. The van der Waals surface area contributed by atoms with Crippen LogP contribution in [0.3, 0.4) is 0 Å². The molecule has 0 spiro atoms. The molecule has 0 unspecified atom stereocenters. The lowest BCUT2D eigenvalue weighted by Crippen LogP contribution is -2.44. The van der Waals surface area contributed by atoms with Gasteiger partial charge in [0.15, 0.2) is 6.61 Å². The molecule has 2 aliphatic heterocycles. The summed E-state index contributed by atoms with van der Waals surface area (Å²) in [7, 11) is 3.33. The average Bonchev–Trinajstić information content (AvgIpc) is 2.98. The third-order valence-electron chi connectivity index (χ3n) is 7.28. The van der Waals surface area contributed by atoms with Crippen molar-refractivity contribution in [1.29, 1.82) is 0 Å². The van der Waals surface area contributed by atoms with Gasteiger partial charge in [0.1, 0.15) is 17.8 Å². The quantitative estimate of drug-likeness (QED) is 0.473. The van der Waals surface area contributed by atoms with E-state index >= 15 is 0 Å². The molecule has 0 radical (unpaired) electrons. The summed E-state index contributed by atoms with van der Waals surface area (Å²) in [5.74, 6) is -0.757. The summed E-state index contributed by atoms with van der Waals surface area (Å²) in [6.45, 7) is 8.58. The van der Waals surface area contributed by atoms with Crippen LogP contribution in [-0.4, -0.2) is 72.1 Å². The first-order valence-electron chi connectivity index (χ1n) is 12.8. The van der Waals surface area contributed by atoms with Crippen molar-refractivity contribution in [2.24, 2.45) is 0 Å². The van der Waals surface area contributed by atoms with Crippen molar-refractivity contribution in [3.63, 3.8) is 0 Å². The molecule has 40 heavy (non-hydrogen) atoms. The molecule has 11 heteroatoms. The van der Waals surface area contributed by atoms with E-state index in [4.69, 9.17) is 9.47 Å². The maximum atomic E-state index is 13.4. The van der Waals surface area contributed by atoms with Gasteiger partial charge in [-0.2, -0.15) is 0 Å². The minimum Gasteiger partial charge on any atom is -0.482 e. The van der Waals surface area contributed by atoms with E-state index in [2.05, 4.69) is 23.5 Å². The molecule has 5 rings (SSSR count). The molecule has 1 aromatic heterocycles. The van der Waals surface area contributed by atoms with Crippen LogP contribution in [0.25, 0.3) is 27.7 Å². The van der Waals surface area contributed by atoms with E-state index in [0.29, 0.717) is 48.6 Å². The highest BCUT2D eigenvalue weighted by Gasteiger charge is 2.26. The van der Waals surface area contributed by atoms with Crippen LogP contribution in [0.5, 0.6) is 5.75 Å². The predicted molar refractivity (Wildman–Crippen MR) is 150 cm³/mol. The molecule has 3 amide bonds. The fourth-order valence-electron chi connectivity index (χ4n) is 4.84. The number of carbonyl (C=O) groups is 3. The highest BCUT2D eigenvalue weighted by molar-refractivity contribution is 6.15. The zero-order valence-electron chi connectivity index (χ0n) is 22.3. The second kappa shape index (κ2) is 10.8. The Morgan fingerprint density at radius 2 is 1.88 bits per heavy atom. The van der Waals surface area contributed by atoms with E-state index in [-0.39, 0.29) is 35.3 Å². The number of likely N-dealkylation sites (N-methyl/N-ethyl adjacent to an activating group) is 2. The lowest BCUT2D eigenvalue weighted by atomic mass is 10.0. The fraction of sp³-hybridized carbons (Fsp3) is 0.276. The minimum absolute atomic E-state index is 0.0110. The summed E-state index contributed by atoms with van der Waals surface area (Å²) >= 11 is 0. The average molecular weight is 544 g/mol. The smallest absolute Gasteiger partial charge is 0.272 e. The molecule has 1 N–H and O–H groups in total. The Labute approximate surface area is 230 Å². The van der Waals surface area contributed by atoms with Crippen LogP contribution in [-0.2, 0) is 19.1 Å². The summed E-state index contributed by atoms with van der Waals surface area (Å²) in [6.07, 6.45) is 2.63. The summed E-state index contributed by atoms with van der Waals surface area (Å²) < 4.78 is 11.9. The monoisotopic (exact) mass is 543 g/mol. The van der Waals surface area contributed by atoms with E-state index in [1.807, 2.05) is 12.1 Å². The van der Waals surface area contributed by atoms with Gasteiger partial charge in [-0.15, -0.1) is 0 Å². The van der Waals surface area contributed by atoms with E-state index in [0.717, 1.165) is 10.1 Å². The first-order valence-corrected chi connectivity index (χ1v) is 12.8. The Morgan fingerprint density at radius 1 is 1.12 bits per heavy atom. The van der Waals surface area contributed by atoms with Crippen LogP contribution in [0.1, 0.15) is 12.8 Å². The number of amides is 3.